The van der Waals surface area contributed by atoms with Crippen molar-refractivity contribution < 1.29 is 9.13 Å². The van der Waals surface area contributed by atoms with Crippen LogP contribution >= 0.6 is 11.9 Å². The van der Waals surface area contributed by atoms with Crippen LogP contribution in [0.1, 0.15) is 79.7 Å². The van der Waals surface area contributed by atoms with Crippen LogP contribution in [-0.4, -0.2) is 0 Å². The Kier molecular flexibility index (Phi) is 8.75. The van der Waals surface area contributed by atoms with Gasteiger partial charge in [-0.3, -0.25) is 4.72 Å². The van der Waals surface area contributed by atoms with Gasteiger partial charge in [0.05, 0.1) is 5.69 Å². The predicted octanol–water partition coefficient (Wildman–Crippen LogP) is 8.87. The molecule has 0 radical (unpaired) electrons. The summed E-state index contributed by atoms with van der Waals surface area (Å²) in [5, 5.41) is 3.18. The lowest BCUT2D eigenvalue weighted by molar-refractivity contribution is 0.182. The molecule has 1 aliphatic carbocycles. The van der Waals surface area contributed by atoms with Gasteiger partial charge < -0.3 is 10.1 Å². The standard InChI is InChI=1S/C29H41FN2OS/c1-9-10-25(33-28(18(2)3)29(6,7)8)22-12-11-21(16-22)19(4)15-20(5)32-24-13-14-26-23(27(24)30)17-31-34-26/h10,13-15,21-22,31-32H,5,9,11-12,16-17H2,1-4,6-8H3/b19-15+,25-10+. The smallest absolute Gasteiger partial charge is 0.152 e. The molecule has 2 atom stereocenters. The van der Waals surface area contributed by atoms with Crippen LogP contribution in [0.3, 0.4) is 0 Å². The Morgan fingerprint density at radius 3 is 2.59 bits per heavy atom. The maximum absolute atomic E-state index is 14.8. The van der Waals surface area contributed by atoms with E-state index in [1.807, 2.05) is 6.07 Å². The van der Waals surface area contributed by atoms with Crippen LogP contribution in [0.2, 0.25) is 0 Å². The predicted molar refractivity (Wildman–Crippen MR) is 144 cm³/mol. The quantitative estimate of drug-likeness (QED) is 0.219. The van der Waals surface area contributed by atoms with Crippen molar-refractivity contribution in [3.8, 4) is 0 Å². The molecule has 34 heavy (non-hydrogen) atoms. The van der Waals surface area contributed by atoms with E-state index in [0.717, 1.165) is 53.4 Å². The minimum atomic E-state index is -0.191. The first-order valence-electron chi connectivity index (χ1n) is 12.4. The zero-order valence-electron chi connectivity index (χ0n) is 21.9. The molecule has 0 bridgehead atoms. The van der Waals surface area contributed by atoms with Crippen LogP contribution in [0.25, 0.3) is 0 Å². The number of hydrogen-bond acceptors (Lipinski definition) is 4. The molecule has 0 spiro atoms. The van der Waals surface area contributed by atoms with Gasteiger partial charge in [0.15, 0.2) is 5.82 Å². The molecule has 2 unspecified atom stereocenters. The molecule has 3 nitrogen and oxygen atoms in total. The van der Waals surface area contributed by atoms with E-state index in [-0.39, 0.29) is 11.2 Å². The molecule has 2 N–H and O–H groups in total. The van der Waals surface area contributed by atoms with E-state index in [1.165, 1.54) is 23.1 Å². The highest BCUT2D eigenvalue weighted by Crippen LogP contribution is 2.42. The van der Waals surface area contributed by atoms with Crippen molar-refractivity contribution in [2.24, 2.45) is 17.3 Å². The molecule has 1 fully saturated rings. The fourth-order valence-electron chi connectivity index (χ4n) is 5.02. The summed E-state index contributed by atoms with van der Waals surface area (Å²) >= 11 is 1.48. The minimum Gasteiger partial charge on any atom is -0.466 e. The van der Waals surface area contributed by atoms with E-state index in [0.29, 0.717) is 24.1 Å². The minimum absolute atomic E-state index is 0.0233. The summed E-state index contributed by atoms with van der Waals surface area (Å²) in [7, 11) is 0. The number of benzene rings is 1. The molecule has 1 aromatic rings. The molecule has 186 valence electrons. The molecule has 1 saturated carbocycles. The molecule has 2 aliphatic rings. The number of halogens is 1. The van der Waals surface area contributed by atoms with Crippen molar-refractivity contribution in [3.05, 3.63) is 70.6 Å². The number of fused-ring (bicyclic) bond motifs is 1. The molecule has 0 amide bonds. The first kappa shape index (κ1) is 26.6. The van der Waals surface area contributed by atoms with Gasteiger partial charge in [-0.05, 0) is 94.2 Å². The molecular formula is C29H41FN2OS. The lowest BCUT2D eigenvalue weighted by Crippen LogP contribution is -2.16. The van der Waals surface area contributed by atoms with Crippen molar-refractivity contribution in [1.82, 2.24) is 4.72 Å². The Hall–Kier alpha value is -1.98. The Morgan fingerprint density at radius 1 is 1.24 bits per heavy atom. The number of allylic oxidation sites excluding steroid dienone is 6. The van der Waals surface area contributed by atoms with Crippen LogP contribution in [0.15, 0.2) is 64.1 Å². The van der Waals surface area contributed by atoms with Crippen molar-refractivity contribution in [1.29, 1.82) is 0 Å². The fourth-order valence-corrected chi connectivity index (χ4v) is 5.81. The number of hydrogen-bond donors (Lipinski definition) is 2. The Bertz CT molecular complexity index is 1010. The van der Waals surface area contributed by atoms with Crippen LogP contribution in [0, 0.1) is 23.1 Å². The maximum atomic E-state index is 14.8. The van der Waals surface area contributed by atoms with Gasteiger partial charge in [-0.1, -0.05) is 39.8 Å². The van der Waals surface area contributed by atoms with Crippen molar-refractivity contribution in [3.63, 3.8) is 0 Å². The molecule has 5 heteroatoms. The Balaban J connectivity index is 1.67. The number of nitrogens with one attached hydrogen (secondary N) is 2. The molecule has 1 heterocycles. The van der Waals surface area contributed by atoms with Gasteiger partial charge in [-0.15, -0.1) is 0 Å². The fraction of sp³-hybridized carbons (Fsp3) is 0.517. The lowest BCUT2D eigenvalue weighted by Gasteiger charge is -2.28. The van der Waals surface area contributed by atoms with Crippen LogP contribution in [0.4, 0.5) is 10.1 Å². The first-order chi connectivity index (χ1) is 16.0. The highest BCUT2D eigenvalue weighted by Gasteiger charge is 2.31. The summed E-state index contributed by atoms with van der Waals surface area (Å²) in [5.41, 5.74) is 4.43. The van der Waals surface area contributed by atoms with Gasteiger partial charge in [-0.2, -0.15) is 0 Å². The third kappa shape index (κ3) is 6.37. The molecule has 0 saturated heterocycles. The first-order valence-corrected chi connectivity index (χ1v) is 13.2. The normalized spacial score (nSPS) is 20.8. The monoisotopic (exact) mass is 484 g/mol. The van der Waals surface area contributed by atoms with Crippen LogP contribution < -0.4 is 10.0 Å². The largest absolute Gasteiger partial charge is 0.466 e. The van der Waals surface area contributed by atoms with Gasteiger partial charge >= 0.3 is 0 Å². The van der Waals surface area contributed by atoms with Crippen molar-refractivity contribution in [2.75, 3.05) is 5.32 Å². The Morgan fingerprint density at radius 2 is 1.94 bits per heavy atom. The maximum Gasteiger partial charge on any atom is 0.152 e. The summed E-state index contributed by atoms with van der Waals surface area (Å²) in [6.45, 7) is 19.9. The molecular weight excluding hydrogens is 443 g/mol. The summed E-state index contributed by atoms with van der Waals surface area (Å²) in [6.07, 6.45) is 8.61. The van der Waals surface area contributed by atoms with E-state index in [2.05, 4.69) is 77.2 Å². The molecule has 1 aromatic carbocycles. The zero-order valence-corrected chi connectivity index (χ0v) is 22.7. The topological polar surface area (TPSA) is 33.3 Å². The molecule has 3 rings (SSSR count). The van der Waals surface area contributed by atoms with E-state index in [9.17, 15) is 4.39 Å². The van der Waals surface area contributed by atoms with Gasteiger partial charge in [0.25, 0.3) is 0 Å². The Labute approximate surface area is 210 Å². The second-order valence-corrected chi connectivity index (χ2v) is 11.7. The highest BCUT2D eigenvalue weighted by molar-refractivity contribution is 7.97. The SMILES string of the molecule is C=C(/C=C(\C)C1CCC(/C(=C\CC)OC(=C(C)C)C(C)(C)C)C1)Nc1ccc2c(c1F)CNS2. The second-order valence-electron chi connectivity index (χ2n) is 10.8. The summed E-state index contributed by atoms with van der Waals surface area (Å²) in [5.74, 6) is 2.90. The lowest BCUT2D eigenvalue weighted by atomic mass is 9.90. The number of anilines is 1. The summed E-state index contributed by atoms with van der Waals surface area (Å²) < 4.78 is 24.5. The average Bonchev–Trinajstić information content (AvgIpc) is 3.42. The van der Waals surface area contributed by atoms with Crippen LogP contribution in [0.5, 0.6) is 0 Å². The van der Waals surface area contributed by atoms with Crippen LogP contribution in [-0.2, 0) is 11.3 Å². The van der Waals surface area contributed by atoms with E-state index in [4.69, 9.17) is 4.74 Å². The van der Waals surface area contributed by atoms with Gasteiger partial charge in [0.1, 0.15) is 11.5 Å². The third-order valence-corrected chi connectivity index (χ3v) is 7.46. The zero-order chi connectivity index (χ0) is 25.0. The second kappa shape index (κ2) is 11.2. The molecule has 0 aromatic heterocycles. The van der Waals surface area contributed by atoms with Gasteiger partial charge in [-0.25, -0.2) is 4.39 Å². The van der Waals surface area contributed by atoms with Crippen molar-refractivity contribution >= 4 is 17.6 Å². The van der Waals surface area contributed by atoms with E-state index in [1.54, 1.807) is 6.07 Å². The number of rotatable bonds is 8. The highest BCUT2D eigenvalue weighted by atomic mass is 32.2. The van der Waals surface area contributed by atoms with E-state index < -0.39 is 0 Å². The van der Waals surface area contributed by atoms with Gasteiger partial charge in [0, 0.05) is 34.0 Å². The summed E-state index contributed by atoms with van der Waals surface area (Å²) in [4.78, 5) is 0.957. The van der Waals surface area contributed by atoms with E-state index >= 15 is 0 Å². The third-order valence-electron chi connectivity index (χ3n) is 6.57. The average molecular weight is 485 g/mol. The summed E-state index contributed by atoms with van der Waals surface area (Å²) in [6, 6.07) is 3.75. The van der Waals surface area contributed by atoms with Gasteiger partial charge in [0.2, 0.25) is 0 Å². The number of ether oxygens (including phenoxy) is 1. The van der Waals surface area contributed by atoms with Crippen molar-refractivity contribution in [2.45, 2.75) is 85.6 Å². The molecule has 1 aliphatic heterocycles.